The molecule has 1 unspecified atom stereocenters. The molecule has 0 saturated carbocycles. The number of carbonyl (C=O) groups excluding carboxylic acids is 3. The summed E-state index contributed by atoms with van der Waals surface area (Å²) in [6, 6.07) is 8.83. The molecule has 0 fully saturated rings. The van der Waals surface area contributed by atoms with Gasteiger partial charge in [-0.05, 0) is 29.1 Å². The van der Waals surface area contributed by atoms with Crippen molar-refractivity contribution in [1.82, 2.24) is 26.1 Å². The standard InChI is InChI=1S/C22H18ClN5O5S2/c23-13-7-17(20(30)24-8-11-3-1-4-14-12(11)9-26-28-14)35-18(13)21(31)27-15(22(32)33)10-25-19(29)16-5-2-6-34-16/h1-7,9,15H,8,10H2,(H,24,30)(H,25,29)(H,26,28)(H,27,31)(H,32,33). The number of benzene rings is 1. The smallest absolute Gasteiger partial charge is 0.328 e. The highest BCUT2D eigenvalue weighted by atomic mass is 35.5. The average Bonchev–Trinajstić information content (AvgIpc) is 3.60. The van der Waals surface area contributed by atoms with E-state index in [0.717, 1.165) is 27.8 Å². The lowest BCUT2D eigenvalue weighted by Gasteiger charge is -2.14. The average molecular weight is 532 g/mol. The monoisotopic (exact) mass is 531 g/mol. The lowest BCUT2D eigenvalue weighted by atomic mass is 10.1. The van der Waals surface area contributed by atoms with Crippen molar-refractivity contribution >= 4 is 68.9 Å². The van der Waals surface area contributed by atoms with E-state index in [-0.39, 0.29) is 27.9 Å². The van der Waals surface area contributed by atoms with Gasteiger partial charge in [-0.25, -0.2) is 4.79 Å². The number of amides is 3. The highest BCUT2D eigenvalue weighted by molar-refractivity contribution is 7.16. The van der Waals surface area contributed by atoms with Crippen molar-refractivity contribution in [1.29, 1.82) is 0 Å². The summed E-state index contributed by atoms with van der Waals surface area (Å²) in [7, 11) is 0. The number of aromatic nitrogens is 2. The summed E-state index contributed by atoms with van der Waals surface area (Å²) in [6.45, 7) is -0.0918. The van der Waals surface area contributed by atoms with E-state index in [9.17, 15) is 24.3 Å². The Kier molecular flexibility index (Phi) is 7.44. The van der Waals surface area contributed by atoms with Crippen molar-refractivity contribution in [2.24, 2.45) is 0 Å². The fourth-order valence-corrected chi connectivity index (χ4v) is 5.08. The van der Waals surface area contributed by atoms with Gasteiger partial charge in [-0.2, -0.15) is 5.10 Å². The van der Waals surface area contributed by atoms with Gasteiger partial charge in [-0.3, -0.25) is 19.5 Å². The molecule has 0 saturated heterocycles. The molecule has 4 aromatic rings. The third kappa shape index (κ3) is 5.67. The topological polar surface area (TPSA) is 153 Å². The van der Waals surface area contributed by atoms with Gasteiger partial charge in [0.25, 0.3) is 17.7 Å². The first kappa shape index (κ1) is 24.4. The lowest BCUT2D eigenvalue weighted by molar-refractivity contribution is -0.139. The molecule has 4 rings (SSSR count). The number of halogens is 1. The van der Waals surface area contributed by atoms with Gasteiger partial charge in [0.15, 0.2) is 0 Å². The van der Waals surface area contributed by atoms with Crippen molar-refractivity contribution < 1.29 is 24.3 Å². The summed E-state index contributed by atoms with van der Waals surface area (Å²) < 4.78 is 0. The molecular formula is C22H18ClN5O5S2. The summed E-state index contributed by atoms with van der Waals surface area (Å²) in [4.78, 5) is 49.6. The SMILES string of the molecule is O=C(NCC(NC(=O)c1sc(C(=O)NCc2cccc3[nH]ncc23)cc1Cl)C(=O)O)c1cccs1. The van der Waals surface area contributed by atoms with Gasteiger partial charge in [-0.1, -0.05) is 29.8 Å². The number of hydrogen-bond acceptors (Lipinski definition) is 7. The van der Waals surface area contributed by atoms with Crippen molar-refractivity contribution in [2.75, 3.05) is 6.54 Å². The van der Waals surface area contributed by atoms with Crippen LogP contribution in [-0.2, 0) is 11.3 Å². The number of thiophene rings is 2. The molecule has 13 heteroatoms. The second kappa shape index (κ2) is 10.7. The Morgan fingerprint density at radius 1 is 1.06 bits per heavy atom. The van der Waals surface area contributed by atoms with Crippen LogP contribution in [0.4, 0.5) is 0 Å². The normalized spacial score (nSPS) is 11.7. The predicted octanol–water partition coefficient (Wildman–Crippen LogP) is 2.88. The van der Waals surface area contributed by atoms with E-state index >= 15 is 0 Å². The van der Waals surface area contributed by atoms with Gasteiger partial charge in [0.05, 0.1) is 26.5 Å². The Hall–Kier alpha value is -3.74. The van der Waals surface area contributed by atoms with Crippen molar-refractivity contribution in [3.05, 3.63) is 73.2 Å². The number of hydrogen-bond donors (Lipinski definition) is 5. The predicted molar refractivity (Wildman–Crippen MR) is 132 cm³/mol. The summed E-state index contributed by atoms with van der Waals surface area (Å²) in [5, 5.41) is 26.5. The van der Waals surface area contributed by atoms with E-state index in [1.54, 1.807) is 23.7 Å². The number of aliphatic carboxylic acids is 1. The number of nitrogens with zero attached hydrogens (tertiary/aromatic N) is 1. The minimum atomic E-state index is -1.39. The molecule has 0 radical (unpaired) electrons. The van der Waals surface area contributed by atoms with E-state index in [4.69, 9.17) is 11.6 Å². The third-order valence-electron chi connectivity index (χ3n) is 4.95. The van der Waals surface area contributed by atoms with E-state index < -0.39 is 29.7 Å². The maximum Gasteiger partial charge on any atom is 0.328 e. The maximum atomic E-state index is 12.7. The molecule has 0 aliphatic rings. The molecule has 3 aromatic heterocycles. The molecule has 3 amide bonds. The number of carboxylic acids is 1. The zero-order valence-corrected chi connectivity index (χ0v) is 20.2. The first-order valence-corrected chi connectivity index (χ1v) is 12.2. The van der Waals surface area contributed by atoms with Gasteiger partial charge < -0.3 is 21.1 Å². The number of rotatable bonds is 9. The first-order valence-electron chi connectivity index (χ1n) is 10.2. The summed E-state index contributed by atoms with van der Waals surface area (Å²) in [5.41, 5.74) is 1.70. The molecule has 5 N–H and O–H groups in total. The van der Waals surface area contributed by atoms with Crippen LogP contribution in [0, 0.1) is 0 Å². The molecule has 35 heavy (non-hydrogen) atoms. The Labute approximate surface area is 211 Å². The zero-order chi connectivity index (χ0) is 24.9. The molecule has 1 aromatic carbocycles. The Morgan fingerprint density at radius 2 is 1.86 bits per heavy atom. The van der Waals surface area contributed by atoms with Gasteiger partial charge in [0.1, 0.15) is 10.9 Å². The van der Waals surface area contributed by atoms with Crippen LogP contribution in [0.15, 0.2) is 48.0 Å². The van der Waals surface area contributed by atoms with E-state index in [1.165, 1.54) is 17.4 Å². The maximum absolute atomic E-state index is 12.7. The van der Waals surface area contributed by atoms with Gasteiger partial charge >= 0.3 is 5.97 Å². The first-order chi connectivity index (χ1) is 16.8. The minimum absolute atomic E-state index is 0.00964. The Balaban J connectivity index is 1.38. The van der Waals surface area contributed by atoms with E-state index in [1.807, 2.05) is 18.2 Å². The number of nitrogens with one attached hydrogen (secondary N) is 4. The van der Waals surface area contributed by atoms with Crippen molar-refractivity contribution in [2.45, 2.75) is 12.6 Å². The van der Waals surface area contributed by atoms with Gasteiger partial charge in [0.2, 0.25) is 0 Å². The molecule has 0 bridgehead atoms. The van der Waals surface area contributed by atoms with Crippen LogP contribution in [0.2, 0.25) is 5.02 Å². The molecular weight excluding hydrogens is 514 g/mol. The molecule has 0 spiro atoms. The van der Waals surface area contributed by atoms with Crippen molar-refractivity contribution in [3.8, 4) is 0 Å². The molecule has 1 atom stereocenters. The van der Waals surface area contributed by atoms with Gasteiger partial charge in [-0.15, -0.1) is 22.7 Å². The fourth-order valence-electron chi connectivity index (χ4n) is 3.20. The number of H-pyrrole nitrogens is 1. The molecule has 0 aliphatic carbocycles. The highest BCUT2D eigenvalue weighted by Crippen LogP contribution is 2.27. The zero-order valence-electron chi connectivity index (χ0n) is 17.8. The van der Waals surface area contributed by atoms with Crippen LogP contribution in [0.3, 0.4) is 0 Å². The number of carbonyl (C=O) groups is 4. The summed E-state index contributed by atoms with van der Waals surface area (Å²) >= 11 is 8.21. The van der Waals surface area contributed by atoms with Crippen LogP contribution < -0.4 is 16.0 Å². The van der Waals surface area contributed by atoms with Crippen LogP contribution >= 0.6 is 34.3 Å². The lowest BCUT2D eigenvalue weighted by Crippen LogP contribution is -2.48. The summed E-state index contributed by atoms with van der Waals surface area (Å²) in [5.74, 6) is -2.97. The molecule has 3 heterocycles. The molecule has 10 nitrogen and oxygen atoms in total. The number of aromatic amines is 1. The fraction of sp³-hybridized carbons (Fsp3) is 0.136. The van der Waals surface area contributed by atoms with Crippen LogP contribution in [0.25, 0.3) is 10.9 Å². The summed E-state index contributed by atoms with van der Waals surface area (Å²) in [6.07, 6.45) is 1.67. The van der Waals surface area contributed by atoms with Crippen molar-refractivity contribution in [3.63, 3.8) is 0 Å². The number of fused-ring (bicyclic) bond motifs is 1. The van der Waals surface area contributed by atoms with Crippen LogP contribution in [0.1, 0.15) is 34.6 Å². The Morgan fingerprint density at radius 3 is 2.60 bits per heavy atom. The number of carboxylic acid groups (broad SMARTS) is 1. The van der Waals surface area contributed by atoms with E-state index in [0.29, 0.717) is 4.88 Å². The minimum Gasteiger partial charge on any atom is -0.480 e. The Bertz CT molecular complexity index is 1400. The second-order valence-electron chi connectivity index (χ2n) is 7.27. The molecule has 180 valence electrons. The van der Waals surface area contributed by atoms with Crippen LogP contribution in [-0.4, -0.2) is 51.6 Å². The molecule has 0 aliphatic heterocycles. The quantitative estimate of drug-likeness (QED) is 0.224. The highest BCUT2D eigenvalue weighted by Gasteiger charge is 2.25. The van der Waals surface area contributed by atoms with E-state index in [2.05, 4.69) is 26.1 Å². The van der Waals surface area contributed by atoms with Gasteiger partial charge in [0, 0.05) is 18.5 Å². The van der Waals surface area contributed by atoms with Crippen LogP contribution in [0.5, 0.6) is 0 Å². The second-order valence-corrected chi connectivity index (χ2v) is 9.68. The third-order valence-corrected chi connectivity index (χ3v) is 7.36. The largest absolute Gasteiger partial charge is 0.480 e.